The molecule has 31 heavy (non-hydrogen) atoms. The highest BCUT2D eigenvalue weighted by Crippen LogP contribution is 2.24. The summed E-state index contributed by atoms with van der Waals surface area (Å²) in [6.07, 6.45) is 0.779. The van der Waals surface area contributed by atoms with Crippen LogP contribution in [0.3, 0.4) is 0 Å². The van der Waals surface area contributed by atoms with Gasteiger partial charge >= 0.3 is 5.97 Å². The molecule has 0 aliphatic carbocycles. The first kappa shape index (κ1) is 21.9. The number of rotatable bonds is 10. The van der Waals surface area contributed by atoms with Crippen LogP contribution in [0.4, 0.5) is 11.4 Å². The van der Waals surface area contributed by atoms with Crippen molar-refractivity contribution < 1.29 is 19.1 Å². The summed E-state index contributed by atoms with van der Waals surface area (Å²) in [5.74, 6) is 0.0510. The molecule has 0 spiro atoms. The number of esters is 1. The van der Waals surface area contributed by atoms with Gasteiger partial charge in [-0.3, -0.25) is 4.79 Å². The van der Waals surface area contributed by atoms with Crippen LogP contribution in [0.2, 0.25) is 0 Å². The van der Waals surface area contributed by atoms with Crippen LogP contribution < -0.4 is 15.4 Å². The van der Waals surface area contributed by atoms with Crippen molar-refractivity contribution in [1.82, 2.24) is 0 Å². The van der Waals surface area contributed by atoms with Crippen molar-refractivity contribution in [3.63, 3.8) is 0 Å². The maximum Gasteiger partial charge on any atom is 0.338 e. The Morgan fingerprint density at radius 1 is 0.871 bits per heavy atom. The highest BCUT2D eigenvalue weighted by Gasteiger charge is 2.09. The molecule has 0 saturated carbocycles. The van der Waals surface area contributed by atoms with Gasteiger partial charge in [0.2, 0.25) is 5.91 Å². The summed E-state index contributed by atoms with van der Waals surface area (Å²) in [4.78, 5) is 24.2. The quantitative estimate of drug-likeness (QED) is 0.459. The Balaban J connectivity index is 1.51. The summed E-state index contributed by atoms with van der Waals surface area (Å²) in [6, 6.07) is 24.0. The molecule has 0 fully saturated rings. The van der Waals surface area contributed by atoms with Gasteiger partial charge in [0.15, 0.2) is 0 Å². The van der Waals surface area contributed by atoms with Crippen LogP contribution >= 0.6 is 0 Å². The molecule has 3 rings (SSSR count). The van der Waals surface area contributed by atoms with E-state index in [1.54, 1.807) is 30.3 Å². The first-order chi connectivity index (χ1) is 15.2. The fourth-order valence-corrected chi connectivity index (χ4v) is 2.81. The van der Waals surface area contributed by atoms with E-state index in [2.05, 4.69) is 10.6 Å². The molecule has 3 aromatic carbocycles. The van der Waals surface area contributed by atoms with Crippen molar-refractivity contribution in [2.24, 2.45) is 0 Å². The number of nitrogens with one attached hydrogen (secondary N) is 2. The van der Waals surface area contributed by atoms with Crippen molar-refractivity contribution >= 4 is 23.3 Å². The van der Waals surface area contributed by atoms with E-state index >= 15 is 0 Å². The van der Waals surface area contributed by atoms with E-state index in [0.717, 1.165) is 17.7 Å². The van der Waals surface area contributed by atoms with E-state index in [4.69, 9.17) is 9.47 Å². The second kappa shape index (κ2) is 11.4. The van der Waals surface area contributed by atoms with Crippen LogP contribution in [-0.4, -0.2) is 25.0 Å². The summed E-state index contributed by atoms with van der Waals surface area (Å²) >= 11 is 0. The van der Waals surface area contributed by atoms with Crippen molar-refractivity contribution in [2.45, 2.75) is 20.0 Å². The van der Waals surface area contributed by atoms with Gasteiger partial charge in [-0.15, -0.1) is 0 Å². The summed E-state index contributed by atoms with van der Waals surface area (Å²) in [7, 11) is 0. The van der Waals surface area contributed by atoms with E-state index in [9.17, 15) is 9.59 Å². The summed E-state index contributed by atoms with van der Waals surface area (Å²) in [5, 5.41) is 5.92. The molecular formula is C25H26N2O4. The Bertz CT molecular complexity index is 988. The highest BCUT2D eigenvalue weighted by molar-refractivity contribution is 5.95. The highest BCUT2D eigenvalue weighted by atomic mass is 16.5. The maximum absolute atomic E-state index is 12.4. The predicted octanol–water partition coefficient (Wildman–Crippen LogP) is 4.88. The predicted molar refractivity (Wildman–Crippen MR) is 121 cm³/mol. The van der Waals surface area contributed by atoms with Crippen LogP contribution in [0, 0.1) is 0 Å². The number of amides is 1. The lowest BCUT2D eigenvalue weighted by Gasteiger charge is -2.13. The first-order valence-corrected chi connectivity index (χ1v) is 10.2. The lowest BCUT2D eigenvalue weighted by molar-refractivity contribution is -0.114. The molecule has 0 unspecified atom stereocenters. The van der Waals surface area contributed by atoms with E-state index in [1.807, 2.05) is 55.5 Å². The van der Waals surface area contributed by atoms with Crippen LogP contribution in [-0.2, 0) is 16.1 Å². The van der Waals surface area contributed by atoms with Gasteiger partial charge in [-0.05, 0) is 48.4 Å². The number of anilines is 2. The zero-order valence-corrected chi connectivity index (χ0v) is 17.5. The topological polar surface area (TPSA) is 76.7 Å². The third-order valence-electron chi connectivity index (χ3n) is 4.41. The first-order valence-electron chi connectivity index (χ1n) is 10.2. The minimum absolute atomic E-state index is 0.0760. The summed E-state index contributed by atoms with van der Waals surface area (Å²) in [6.45, 7) is 2.83. The maximum atomic E-state index is 12.4. The van der Waals surface area contributed by atoms with Crippen molar-refractivity contribution in [3.8, 4) is 5.75 Å². The summed E-state index contributed by atoms with van der Waals surface area (Å²) in [5.41, 5.74) is 2.87. The molecule has 2 N–H and O–H groups in total. The Morgan fingerprint density at radius 3 is 2.32 bits per heavy atom. The lowest BCUT2D eigenvalue weighted by atomic mass is 10.2. The molecule has 160 valence electrons. The number of benzene rings is 3. The van der Waals surface area contributed by atoms with Crippen molar-refractivity contribution in [2.75, 3.05) is 23.8 Å². The lowest BCUT2D eigenvalue weighted by Crippen LogP contribution is -2.22. The Labute approximate surface area is 182 Å². The van der Waals surface area contributed by atoms with Gasteiger partial charge in [0.25, 0.3) is 0 Å². The third kappa shape index (κ3) is 6.89. The minimum Gasteiger partial charge on any atom is -0.487 e. The number of hydrogen-bond acceptors (Lipinski definition) is 5. The second-order valence-corrected chi connectivity index (χ2v) is 6.89. The molecule has 0 bridgehead atoms. The van der Waals surface area contributed by atoms with Gasteiger partial charge in [-0.1, -0.05) is 49.4 Å². The number of hydrogen-bond donors (Lipinski definition) is 2. The molecule has 6 nitrogen and oxygen atoms in total. The van der Waals surface area contributed by atoms with Crippen LogP contribution in [0.15, 0.2) is 78.9 Å². The Hall–Kier alpha value is -3.80. The van der Waals surface area contributed by atoms with Crippen LogP contribution in [0.25, 0.3) is 0 Å². The van der Waals surface area contributed by atoms with Gasteiger partial charge in [-0.25, -0.2) is 4.79 Å². The molecule has 0 heterocycles. The number of carbonyl (C=O) groups excluding carboxylic acids is 2. The standard InChI is InChI=1S/C25H26N2O4/c1-2-16-30-25(29)20-12-14-21(15-13-20)26-17-24(28)27-22-10-6-7-11-23(22)31-18-19-8-4-3-5-9-19/h3-15,26H,2,16-18H2,1H3,(H,27,28). The molecule has 6 heteroatoms. The fourth-order valence-electron chi connectivity index (χ4n) is 2.81. The Kier molecular flexibility index (Phi) is 8.05. The van der Waals surface area contributed by atoms with Gasteiger partial charge in [0.05, 0.1) is 24.4 Å². The average Bonchev–Trinajstić information content (AvgIpc) is 2.81. The molecule has 0 saturated heterocycles. The summed E-state index contributed by atoms with van der Waals surface area (Å²) < 4.78 is 11.0. The van der Waals surface area contributed by atoms with Crippen molar-refractivity contribution in [1.29, 1.82) is 0 Å². The molecule has 0 aromatic heterocycles. The number of carbonyl (C=O) groups is 2. The van der Waals surface area contributed by atoms with E-state index in [1.165, 1.54) is 0 Å². The third-order valence-corrected chi connectivity index (χ3v) is 4.41. The second-order valence-electron chi connectivity index (χ2n) is 6.89. The zero-order chi connectivity index (χ0) is 21.9. The van der Waals surface area contributed by atoms with E-state index in [-0.39, 0.29) is 18.4 Å². The molecule has 0 aliphatic heterocycles. The number of para-hydroxylation sites is 2. The van der Waals surface area contributed by atoms with Gasteiger partial charge in [-0.2, -0.15) is 0 Å². The molecule has 0 atom stereocenters. The largest absolute Gasteiger partial charge is 0.487 e. The molecule has 0 aliphatic rings. The SMILES string of the molecule is CCCOC(=O)c1ccc(NCC(=O)Nc2ccccc2OCc2ccccc2)cc1. The van der Waals surface area contributed by atoms with Crippen molar-refractivity contribution in [3.05, 3.63) is 90.0 Å². The fraction of sp³-hybridized carbons (Fsp3) is 0.200. The average molecular weight is 418 g/mol. The van der Waals surface area contributed by atoms with Gasteiger partial charge in [0, 0.05) is 5.69 Å². The monoisotopic (exact) mass is 418 g/mol. The molecule has 1 amide bonds. The smallest absolute Gasteiger partial charge is 0.338 e. The minimum atomic E-state index is -0.349. The van der Waals surface area contributed by atoms with Gasteiger partial charge < -0.3 is 20.1 Å². The van der Waals surface area contributed by atoms with Crippen LogP contribution in [0.1, 0.15) is 29.3 Å². The van der Waals surface area contributed by atoms with E-state index < -0.39 is 0 Å². The van der Waals surface area contributed by atoms with E-state index in [0.29, 0.717) is 30.2 Å². The normalized spacial score (nSPS) is 10.2. The molecule has 3 aromatic rings. The molecule has 0 radical (unpaired) electrons. The van der Waals surface area contributed by atoms with Crippen LogP contribution in [0.5, 0.6) is 5.75 Å². The number of ether oxygens (including phenoxy) is 2. The zero-order valence-electron chi connectivity index (χ0n) is 17.5. The Morgan fingerprint density at radius 2 is 1.58 bits per heavy atom. The van der Waals surface area contributed by atoms with Gasteiger partial charge in [0.1, 0.15) is 12.4 Å². The molecular weight excluding hydrogens is 392 g/mol.